The third-order valence-corrected chi connectivity index (χ3v) is 5.61. The first kappa shape index (κ1) is 21.2. The highest BCUT2D eigenvalue weighted by Crippen LogP contribution is 2.38. The molecule has 0 bridgehead atoms. The molecule has 3 aromatic rings. The van der Waals surface area contributed by atoms with Crippen molar-refractivity contribution in [2.24, 2.45) is 0 Å². The summed E-state index contributed by atoms with van der Waals surface area (Å²) in [5.74, 6) is 0.197. The van der Waals surface area contributed by atoms with Gasteiger partial charge in [0.1, 0.15) is 17.2 Å². The van der Waals surface area contributed by atoms with E-state index in [1.54, 1.807) is 29.7 Å². The van der Waals surface area contributed by atoms with Gasteiger partial charge in [-0.3, -0.25) is 4.40 Å². The molecule has 7 nitrogen and oxygen atoms in total. The molecule has 10 heteroatoms. The van der Waals surface area contributed by atoms with Gasteiger partial charge in [0.2, 0.25) is 5.95 Å². The van der Waals surface area contributed by atoms with Gasteiger partial charge in [-0.1, -0.05) is 12.8 Å². The van der Waals surface area contributed by atoms with Crippen molar-refractivity contribution >= 4 is 11.5 Å². The van der Waals surface area contributed by atoms with E-state index in [4.69, 9.17) is 4.74 Å². The van der Waals surface area contributed by atoms with E-state index in [2.05, 4.69) is 20.3 Å². The number of halogens is 3. The molecule has 31 heavy (non-hydrogen) atoms. The first-order valence-corrected chi connectivity index (χ1v) is 9.95. The van der Waals surface area contributed by atoms with Crippen molar-refractivity contribution in [3.8, 4) is 22.8 Å². The molecule has 0 aliphatic heterocycles. The van der Waals surface area contributed by atoms with E-state index in [0.717, 1.165) is 25.3 Å². The Labute approximate surface area is 176 Å². The first-order chi connectivity index (χ1) is 14.7. The normalized spacial score (nSPS) is 21.8. The van der Waals surface area contributed by atoms with Crippen LogP contribution in [-0.2, 0) is 0 Å². The number of alkyl halides is 3. The predicted octanol–water partition coefficient (Wildman–Crippen LogP) is 4.41. The van der Waals surface area contributed by atoms with Gasteiger partial charge in [-0.05, 0) is 44.0 Å². The lowest BCUT2D eigenvalue weighted by molar-refractivity contribution is -0.274. The minimum atomic E-state index is -4.87. The lowest BCUT2D eigenvalue weighted by Crippen LogP contribution is -2.47. The molecule has 1 aliphatic rings. The van der Waals surface area contributed by atoms with E-state index in [-0.39, 0.29) is 23.0 Å². The highest BCUT2D eigenvalue weighted by Gasteiger charge is 2.35. The number of nitrogens with zero attached hydrogens (tertiary/aromatic N) is 3. The molecular weight excluding hydrogens is 413 g/mol. The van der Waals surface area contributed by atoms with Crippen molar-refractivity contribution in [3.05, 3.63) is 36.5 Å². The fourth-order valence-electron chi connectivity index (χ4n) is 3.98. The van der Waals surface area contributed by atoms with E-state index in [9.17, 15) is 18.3 Å². The fraction of sp³-hybridized carbons (Fsp3) is 0.429. The molecule has 4 rings (SSSR count). The van der Waals surface area contributed by atoms with Gasteiger partial charge in [0.05, 0.1) is 24.3 Å². The monoisotopic (exact) mass is 436 g/mol. The van der Waals surface area contributed by atoms with Gasteiger partial charge in [-0.2, -0.15) is 0 Å². The average Bonchev–Trinajstić information content (AvgIpc) is 3.19. The van der Waals surface area contributed by atoms with E-state index in [0.29, 0.717) is 17.9 Å². The van der Waals surface area contributed by atoms with Crippen LogP contribution in [0, 0.1) is 0 Å². The zero-order valence-electron chi connectivity index (χ0n) is 17.1. The summed E-state index contributed by atoms with van der Waals surface area (Å²) in [6, 6.07) is 7.42. The first-order valence-electron chi connectivity index (χ1n) is 9.95. The highest BCUT2D eigenvalue weighted by atomic mass is 19.4. The summed E-state index contributed by atoms with van der Waals surface area (Å²) < 4.78 is 49.9. The van der Waals surface area contributed by atoms with Crippen LogP contribution >= 0.6 is 0 Å². The van der Waals surface area contributed by atoms with E-state index >= 15 is 0 Å². The SMILES string of the molecule is COc1ccc(-c2nnc(N[C@H]3CCCC[C@]3(C)O)n3cccc23)c(OC(F)(F)F)c1. The largest absolute Gasteiger partial charge is 0.573 e. The predicted molar refractivity (Wildman–Crippen MR) is 108 cm³/mol. The number of rotatable bonds is 5. The molecule has 166 valence electrons. The van der Waals surface area contributed by atoms with Crippen molar-refractivity contribution < 1.29 is 27.8 Å². The molecule has 2 aromatic heterocycles. The number of hydrogen-bond acceptors (Lipinski definition) is 6. The van der Waals surface area contributed by atoms with E-state index < -0.39 is 17.7 Å². The summed E-state index contributed by atoms with van der Waals surface area (Å²) in [7, 11) is 1.36. The molecule has 0 saturated heterocycles. The lowest BCUT2D eigenvalue weighted by atomic mass is 9.82. The minimum absolute atomic E-state index is 0.130. The number of aliphatic hydroxyl groups is 1. The smallest absolute Gasteiger partial charge is 0.497 e. The van der Waals surface area contributed by atoms with Crippen molar-refractivity contribution in [2.45, 2.75) is 50.6 Å². The zero-order chi connectivity index (χ0) is 22.2. The van der Waals surface area contributed by atoms with E-state index in [1.807, 2.05) is 0 Å². The second kappa shape index (κ2) is 7.92. The number of fused-ring (bicyclic) bond motifs is 1. The minimum Gasteiger partial charge on any atom is -0.497 e. The summed E-state index contributed by atoms with van der Waals surface area (Å²) in [4.78, 5) is 0. The van der Waals surface area contributed by atoms with Crippen molar-refractivity contribution in [1.82, 2.24) is 14.6 Å². The molecule has 1 aromatic carbocycles. The Balaban J connectivity index is 1.76. The van der Waals surface area contributed by atoms with Gasteiger partial charge in [-0.15, -0.1) is 23.4 Å². The molecule has 2 N–H and O–H groups in total. The topological polar surface area (TPSA) is 80.9 Å². The third-order valence-electron chi connectivity index (χ3n) is 5.61. The van der Waals surface area contributed by atoms with Gasteiger partial charge in [0.15, 0.2) is 0 Å². The number of nitrogens with one attached hydrogen (secondary N) is 1. The number of aromatic nitrogens is 3. The Morgan fingerprint density at radius 1 is 1.23 bits per heavy atom. The Hall–Kier alpha value is -3.01. The number of anilines is 1. The molecule has 0 unspecified atom stereocenters. The Morgan fingerprint density at radius 2 is 2.03 bits per heavy atom. The number of hydrogen-bond donors (Lipinski definition) is 2. The van der Waals surface area contributed by atoms with Crippen LogP contribution in [0.15, 0.2) is 36.5 Å². The Morgan fingerprint density at radius 3 is 2.74 bits per heavy atom. The molecule has 0 spiro atoms. The van der Waals surface area contributed by atoms with Crippen molar-refractivity contribution in [2.75, 3.05) is 12.4 Å². The average molecular weight is 436 g/mol. The fourth-order valence-corrected chi connectivity index (χ4v) is 3.98. The lowest BCUT2D eigenvalue weighted by Gasteiger charge is -2.37. The third kappa shape index (κ3) is 4.39. The summed E-state index contributed by atoms with van der Waals surface area (Å²) in [5.41, 5.74) is 0.0189. The molecule has 1 fully saturated rings. The van der Waals surface area contributed by atoms with Gasteiger partial charge < -0.3 is 19.9 Å². The summed E-state index contributed by atoms with van der Waals surface area (Å²) >= 11 is 0. The van der Waals surface area contributed by atoms with Crippen LogP contribution in [-0.4, -0.2) is 44.8 Å². The quantitative estimate of drug-likeness (QED) is 0.617. The van der Waals surface area contributed by atoms with Crippen molar-refractivity contribution in [3.63, 3.8) is 0 Å². The molecule has 0 radical (unpaired) electrons. The number of methoxy groups -OCH3 is 1. The number of ether oxygens (including phenoxy) is 2. The maximum Gasteiger partial charge on any atom is 0.573 e. The molecular formula is C21H23F3N4O3. The van der Waals surface area contributed by atoms with Crippen LogP contribution in [0.1, 0.15) is 32.6 Å². The summed E-state index contributed by atoms with van der Waals surface area (Å²) in [5, 5.41) is 22.4. The number of benzene rings is 1. The van der Waals surface area contributed by atoms with Gasteiger partial charge in [0.25, 0.3) is 0 Å². The van der Waals surface area contributed by atoms with Crippen LogP contribution < -0.4 is 14.8 Å². The van der Waals surface area contributed by atoms with Gasteiger partial charge in [-0.25, -0.2) is 0 Å². The molecule has 1 aliphatic carbocycles. The van der Waals surface area contributed by atoms with E-state index in [1.165, 1.54) is 19.2 Å². The maximum absolute atomic E-state index is 13.0. The second-order valence-corrected chi connectivity index (χ2v) is 7.85. The molecule has 1 saturated carbocycles. The van der Waals surface area contributed by atoms with Gasteiger partial charge in [0, 0.05) is 17.8 Å². The molecule has 2 atom stereocenters. The molecule has 2 heterocycles. The Bertz CT molecular complexity index is 1080. The van der Waals surface area contributed by atoms with Crippen LogP contribution in [0.2, 0.25) is 0 Å². The summed E-state index contributed by atoms with van der Waals surface area (Å²) in [6.07, 6.45) is 0.255. The highest BCUT2D eigenvalue weighted by molar-refractivity contribution is 5.81. The molecule has 0 amide bonds. The van der Waals surface area contributed by atoms with Crippen LogP contribution in [0.25, 0.3) is 16.8 Å². The van der Waals surface area contributed by atoms with Gasteiger partial charge >= 0.3 is 6.36 Å². The van der Waals surface area contributed by atoms with Crippen LogP contribution in [0.4, 0.5) is 19.1 Å². The van der Waals surface area contributed by atoms with Crippen LogP contribution in [0.3, 0.4) is 0 Å². The van der Waals surface area contributed by atoms with Crippen LogP contribution in [0.5, 0.6) is 11.5 Å². The standard InChI is InChI=1S/C21H23F3N4O3/c1-20(29)10-4-3-7-17(20)25-19-27-26-18(15-6-5-11-28(15)19)14-9-8-13(30-2)12-16(14)31-21(22,23)24/h5-6,8-9,11-12,17,29H,3-4,7,10H2,1-2H3,(H,25,27)/t17-,20-/m0/s1. The maximum atomic E-state index is 13.0. The van der Waals surface area contributed by atoms with Crippen molar-refractivity contribution in [1.29, 1.82) is 0 Å². The summed E-state index contributed by atoms with van der Waals surface area (Å²) in [6.45, 7) is 1.79. The second-order valence-electron chi connectivity index (χ2n) is 7.85. The zero-order valence-corrected chi connectivity index (χ0v) is 17.1. The Kier molecular flexibility index (Phi) is 5.42.